The summed E-state index contributed by atoms with van der Waals surface area (Å²) in [6, 6.07) is 2.13. The molecular weight excluding hydrogens is 351 g/mol. The van der Waals surface area contributed by atoms with E-state index in [1.807, 2.05) is 13.8 Å². The fraction of sp³-hybridized carbons (Fsp3) is 0.500. The van der Waals surface area contributed by atoms with Gasteiger partial charge in [-0.1, -0.05) is 13.8 Å². The molecular formula is C12H18BrFN2O3S. The van der Waals surface area contributed by atoms with Crippen LogP contribution in [-0.2, 0) is 10.0 Å². The molecule has 1 aromatic carbocycles. The van der Waals surface area contributed by atoms with Crippen molar-refractivity contribution in [2.24, 2.45) is 5.14 Å². The van der Waals surface area contributed by atoms with Crippen molar-refractivity contribution in [1.82, 2.24) is 4.90 Å². The van der Waals surface area contributed by atoms with Gasteiger partial charge in [-0.15, -0.1) is 0 Å². The summed E-state index contributed by atoms with van der Waals surface area (Å²) in [5.74, 6) is -0.671. The monoisotopic (exact) mass is 368 g/mol. The van der Waals surface area contributed by atoms with Gasteiger partial charge >= 0.3 is 0 Å². The van der Waals surface area contributed by atoms with Crippen LogP contribution in [0.15, 0.2) is 21.5 Å². The first kappa shape index (κ1) is 17.4. The maximum Gasteiger partial charge on any atom is 0.241 e. The van der Waals surface area contributed by atoms with E-state index in [1.54, 1.807) is 0 Å². The number of hydrogen-bond acceptors (Lipinski definition) is 4. The van der Waals surface area contributed by atoms with Crippen LogP contribution in [0.3, 0.4) is 0 Å². The van der Waals surface area contributed by atoms with Gasteiger partial charge in [0.15, 0.2) is 0 Å². The first-order chi connectivity index (χ1) is 9.29. The Morgan fingerprint density at radius 1 is 1.35 bits per heavy atom. The van der Waals surface area contributed by atoms with Crippen LogP contribution in [0.1, 0.15) is 13.8 Å². The van der Waals surface area contributed by atoms with Gasteiger partial charge in [-0.05, 0) is 35.1 Å². The predicted octanol–water partition coefficient (Wildman–Crippen LogP) is 1.96. The second-order valence-corrected chi connectivity index (χ2v) is 6.52. The van der Waals surface area contributed by atoms with Gasteiger partial charge in [-0.25, -0.2) is 17.9 Å². The average Bonchev–Trinajstić information content (AvgIpc) is 2.36. The highest BCUT2D eigenvalue weighted by Gasteiger charge is 2.18. The molecule has 1 aromatic rings. The Labute approximate surface area is 127 Å². The van der Waals surface area contributed by atoms with Gasteiger partial charge in [0, 0.05) is 12.6 Å². The van der Waals surface area contributed by atoms with Crippen LogP contribution in [0.2, 0.25) is 0 Å². The number of ether oxygens (including phenoxy) is 1. The number of rotatable bonds is 7. The standard InChI is InChI=1S/C12H18BrFN2O3S/c1-3-16(4-2)5-6-19-11-8-10(14)12(7-9(11)13)20(15,17)18/h7-8H,3-6H2,1-2H3,(H2,15,17,18). The molecule has 20 heavy (non-hydrogen) atoms. The molecule has 0 aromatic heterocycles. The molecule has 0 fully saturated rings. The van der Waals surface area contributed by atoms with Crippen molar-refractivity contribution in [3.05, 3.63) is 22.4 Å². The summed E-state index contributed by atoms with van der Waals surface area (Å²) in [5.41, 5.74) is 0. The zero-order valence-corrected chi connectivity index (χ0v) is 13.8. The van der Waals surface area contributed by atoms with Crippen molar-refractivity contribution >= 4 is 26.0 Å². The maximum atomic E-state index is 13.7. The van der Waals surface area contributed by atoms with Crippen LogP contribution in [0, 0.1) is 5.82 Å². The Morgan fingerprint density at radius 2 is 1.95 bits per heavy atom. The lowest BCUT2D eigenvalue weighted by Gasteiger charge is -2.18. The van der Waals surface area contributed by atoms with Crippen molar-refractivity contribution < 1.29 is 17.5 Å². The first-order valence-electron chi connectivity index (χ1n) is 6.16. The van der Waals surface area contributed by atoms with Crippen molar-refractivity contribution in [2.75, 3.05) is 26.2 Å². The molecule has 0 saturated heterocycles. The molecule has 0 aliphatic heterocycles. The molecule has 0 aliphatic carbocycles. The third-order valence-electron chi connectivity index (χ3n) is 2.85. The summed E-state index contributed by atoms with van der Waals surface area (Å²) in [4.78, 5) is 1.60. The second-order valence-electron chi connectivity index (χ2n) is 4.13. The van der Waals surface area contributed by atoms with Crippen LogP contribution in [-0.4, -0.2) is 39.6 Å². The highest BCUT2D eigenvalue weighted by molar-refractivity contribution is 9.10. The molecule has 1 rings (SSSR count). The quantitative estimate of drug-likeness (QED) is 0.798. The zero-order valence-electron chi connectivity index (χ0n) is 11.4. The number of likely N-dealkylation sites (N-methyl/N-ethyl adjacent to an activating group) is 1. The number of nitrogens with zero attached hydrogens (tertiary/aromatic N) is 1. The van der Waals surface area contributed by atoms with E-state index < -0.39 is 20.7 Å². The van der Waals surface area contributed by atoms with Crippen LogP contribution >= 0.6 is 15.9 Å². The molecule has 0 saturated carbocycles. The Balaban J connectivity index is 2.81. The van der Waals surface area contributed by atoms with E-state index in [1.165, 1.54) is 0 Å². The number of primary sulfonamides is 1. The minimum Gasteiger partial charge on any atom is -0.491 e. The number of halogens is 2. The fourth-order valence-electron chi connectivity index (χ4n) is 1.66. The van der Waals surface area contributed by atoms with E-state index in [0.717, 1.165) is 25.2 Å². The lowest BCUT2D eigenvalue weighted by molar-refractivity contribution is 0.221. The van der Waals surface area contributed by atoms with Gasteiger partial charge in [-0.2, -0.15) is 0 Å². The largest absolute Gasteiger partial charge is 0.491 e. The lowest BCUT2D eigenvalue weighted by Crippen LogP contribution is -2.28. The minimum absolute atomic E-state index is 0.252. The van der Waals surface area contributed by atoms with Crippen molar-refractivity contribution in [3.8, 4) is 5.75 Å². The van der Waals surface area contributed by atoms with Crippen LogP contribution in [0.25, 0.3) is 0 Å². The molecule has 0 bridgehead atoms. The third kappa shape index (κ3) is 4.69. The normalized spacial score (nSPS) is 11.9. The zero-order chi connectivity index (χ0) is 15.3. The minimum atomic E-state index is -4.08. The summed E-state index contributed by atoms with van der Waals surface area (Å²) in [5, 5.41) is 4.92. The molecule has 0 atom stereocenters. The maximum absolute atomic E-state index is 13.7. The Kier molecular flexibility index (Phi) is 6.38. The molecule has 0 radical (unpaired) electrons. The van der Waals surface area contributed by atoms with Crippen LogP contribution < -0.4 is 9.88 Å². The number of sulfonamides is 1. The lowest BCUT2D eigenvalue weighted by atomic mass is 10.3. The second kappa shape index (κ2) is 7.35. The van der Waals surface area contributed by atoms with Gasteiger partial charge in [0.2, 0.25) is 10.0 Å². The highest BCUT2D eigenvalue weighted by atomic mass is 79.9. The average molecular weight is 369 g/mol. The number of benzene rings is 1. The molecule has 0 amide bonds. The molecule has 0 spiro atoms. The SMILES string of the molecule is CCN(CC)CCOc1cc(F)c(S(N)(=O)=O)cc1Br. The van der Waals surface area contributed by atoms with E-state index in [9.17, 15) is 12.8 Å². The van der Waals surface area contributed by atoms with Gasteiger partial charge in [-0.3, -0.25) is 0 Å². The van der Waals surface area contributed by atoms with Crippen molar-refractivity contribution in [2.45, 2.75) is 18.7 Å². The van der Waals surface area contributed by atoms with Gasteiger partial charge in [0.05, 0.1) is 4.47 Å². The number of hydrogen-bond donors (Lipinski definition) is 1. The Morgan fingerprint density at radius 3 is 2.45 bits per heavy atom. The topological polar surface area (TPSA) is 72.6 Å². The van der Waals surface area contributed by atoms with E-state index in [4.69, 9.17) is 9.88 Å². The number of nitrogens with two attached hydrogens (primary N) is 1. The molecule has 2 N–H and O–H groups in total. The Bertz CT molecular complexity index is 562. The molecule has 0 aliphatic rings. The summed E-state index contributed by atoms with van der Waals surface area (Å²) >= 11 is 3.15. The van der Waals surface area contributed by atoms with E-state index >= 15 is 0 Å². The summed E-state index contributed by atoms with van der Waals surface area (Å²) in [6.07, 6.45) is 0. The third-order valence-corrected chi connectivity index (χ3v) is 4.40. The van der Waals surface area contributed by atoms with Crippen LogP contribution in [0.4, 0.5) is 4.39 Å². The van der Waals surface area contributed by atoms with E-state index in [0.29, 0.717) is 17.6 Å². The summed E-state index contributed by atoms with van der Waals surface area (Å²) in [6.45, 7) is 6.98. The van der Waals surface area contributed by atoms with E-state index in [-0.39, 0.29) is 5.75 Å². The molecule has 0 unspecified atom stereocenters. The Hall–Kier alpha value is -0.700. The van der Waals surface area contributed by atoms with E-state index in [2.05, 4.69) is 20.8 Å². The van der Waals surface area contributed by atoms with Gasteiger partial charge < -0.3 is 9.64 Å². The molecule has 8 heteroatoms. The van der Waals surface area contributed by atoms with Gasteiger partial charge in [0.25, 0.3) is 0 Å². The molecule has 114 valence electrons. The van der Waals surface area contributed by atoms with Crippen molar-refractivity contribution in [1.29, 1.82) is 0 Å². The summed E-state index contributed by atoms with van der Waals surface area (Å²) < 4.78 is 41.8. The summed E-state index contributed by atoms with van der Waals surface area (Å²) in [7, 11) is -4.08. The van der Waals surface area contributed by atoms with Gasteiger partial charge in [0.1, 0.15) is 23.1 Å². The highest BCUT2D eigenvalue weighted by Crippen LogP contribution is 2.29. The first-order valence-corrected chi connectivity index (χ1v) is 8.50. The van der Waals surface area contributed by atoms with Crippen LogP contribution in [0.5, 0.6) is 5.75 Å². The molecule has 0 heterocycles. The fourth-order valence-corrected chi connectivity index (χ4v) is 2.89. The van der Waals surface area contributed by atoms with Crippen molar-refractivity contribution in [3.63, 3.8) is 0 Å². The predicted molar refractivity (Wildman–Crippen MR) is 78.8 cm³/mol. The smallest absolute Gasteiger partial charge is 0.241 e. The molecule has 5 nitrogen and oxygen atoms in total.